The Morgan fingerprint density at radius 2 is 1.78 bits per heavy atom. The molecule has 0 spiro atoms. The summed E-state index contributed by atoms with van der Waals surface area (Å²) in [5.41, 5.74) is 2.33. The summed E-state index contributed by atoms with van der Waals surface area (Å²) in [6.45, 7) is 1.53. The molecule has 0 fully saturated rings. The molecule has 0 saturated carbocycles. The van der Waals surface area contributed by atoms with Crippen molar-refractivity contribution in [3.05, 3.63) is 45.5 Å². The lowest BCUT2D eigenvalue weighted by atomic mass is 10.3. The number of nitrogens with one attached hydrogen (secondary N) is 3. The van der Waals surface area contributed by atoms with Crippen molar-refractivity contribution < 1.29 is 0 Å². The molecule has 0 atom stereocenters. The Kier molecular flexibility index (Phi) is 5.10. The summed E-state index contributed by atoms with van der Waals surface area (Å²) in [5, 5.41) is 8.17. The van der Waals surface area contributed by atoms with Gasteiger partial charge in [-0.2, -0.15) is 0 Å². The molecular formula is C15H14Cl3N5. The van der Waals surface area contributed by atoms with E-state index in [9.17, 15) is 0 Å². The fourth-order valence-electron chi connectivity index (χ4n) is 2.11. The van der Waals surface area contributed by atoms with E-state index in [1.165, 1.54) is 0 Å². The summed E-state index contributed by atoms with van der Waals surface area (Å²) in [5.74, 6) is 0.680. The van der Waals surface area contributed by atoms with Gasteiger partial charge in [0.1, 0.15) is 10.7 Å². The molecule has 3 N–H and O–H groups in total. The number of imidazole rings is 1. The summed E-state index contributed by atoms with van der Waals surface area (Å²) in [6.07, 6.45) is 0.893. The molecule has 1 aromatic carbocycles. The van der Waals surface area contributed by atoms with Crippen molar-refractivity contribution in [2.24, 2.45) is 0 Å². The Morgan fingerprint density at radius 1 is 0.957 bits per heavy atom. The molecule has 0 bridgehead atoms. The van der Waals surface area contributed by atoms with Crippen LogP contribution in [0, 0.1) is 0 Å². The van der Waals surface area contributed by atoms with Gasteiger partial charge in [0.15, 0.2) is 5.65 Å². The third-order valence-corrected chi connectivity index (χ3v) is 3.96. The lowest BCUT2D eigenvalue weighted by Crippen LogP contribution is -2.10. The maximum Gasteiger partial charge on any atom is 0.202 e. The van der Waals surface area contributed by atoms with Gasteiger partial charge in [0, 0.05) is 18.1 Å². The average molecular weight is 371 g/mol. The highest BCUT2D eigenvalue weighted by Gasteiger charge is 2.04. The van der Waals surface area contributed by atoms with Crippen LogP contribution in [0.5, 0.6) is 0 Å². The van der Waals surface area contributed by atoms with Crippen molar-refractivity contribution in [1.82, 2.24) is 15.0 Å². The van der Waals surface area contributed by atoms with E-state index in [-0.39, 0.29) is 0 Å². The van der Waals surface area contributed by atoms with Crippen molar-refractivity contribution in [3.63, 3.8) is 0 Å². The summed E-state index contributed by atoms with van der Waals surface area (Å²) in [6, 6.07) is 8.94. The van der Waals surface area contributed by atoms with Crippen molar-refractivity contribution in [2.45, 2.75) is 6.42 Å². The molecule has 2 heterocycles. The van der Waals surface area contributed by atoms with E-state index in [0.29, 0.717) is 26.8 Å². The molecule has 3 aromatic rings. The smallest absolute Gasteiger partial charge is 0.202 e. The van der Waals surface area contributed by atoms with Gasteiger partial charge < -0.3 is 15.6 Å². The molecule has 0 amide bonds. The SMILES string of the molecule is Clc1ccc(NCCCNc2nc3ccc(Cl)nc3[nH]2)c(Cl)c1. The molecule has 5 nitrogen and oxygen atoms in total. The molecule has 0 unspecified atom stereocenters. The van der Waals surface area contributed by atoms with Gasteiger partial charge in [-0.15, -0.1) is 0 Å². The molecule has 0 aliphatic heterocycles. The molecule has 3 rings (SSSR count). The molecule has 0 saturated heterocycles. The number of hydrogen-bond donors (Lipinski definition) is 3. The highest BCUT2D eigenvalue weighted by molar-refractivity contribution is 6.36. The maximum absolute atomic E-state index is 6.10. The number of nitrogens with zero attached hydrogens (tertiary/aromatic N) is 2. The highest BCUT2D eigenvalue weighted by Crippen LogP contribution is 2.25. The number of aromatic nitrogens is 3. The van der Waals surface area contributed by atoms with Crippen LogP contribution in [0.15, 0.2) is 30.3 Å². The minimum absolute atomic E-state index is 0.441. The first-order valence-corrected chi connectivity index (χ1v) is 8.20. The lowest BCUT2D eigenvalue weighted by molar-refractivity contribution is 0.900. The van der Waals surface area contributed by atoms with Crippen LogP contribution in [0.1, 0.15) is 6.42 Å². The minimum Gasteiger partial charge on any atom is -0.384 e. The largest absolute Gasteiger partial charge is 0.384 e. The highest BCUT2D eigenvalue weighted by atomic mass is 35.5. The molecule has 8 heteroatoms. The first-order chi connectivity index (χ1) is 11.1. The lowest BCUT2D eigenvalue weighted by Gasteiger charge is -2.08. The second kappa shape index (κ2) is 7.25. The van der Waals surface area contributed by atoms with Gasteiger partial charge in [0.05, 0.1) is 10.7 Å². The van der Waals surface area contributed by atoms with Crippen LogP contribution in [0.25, 0.3) is 11.2 Å². The van der Waals surface area contributed by atoms with E-state index in [1.807, 2.05) is 12.1 Å². The van der Waals surface area contributed by atoms with Crippen LogP contribution in [0.2, 0.25) is 15.2 Å². The molecule has 120 valence electrons. The number of H-pyrrole nitrogens is 1. The topological polar surface area (TPSA) is 65.6 Å². The van der Waals surface area contributed by atoms with Gasteiger partial charge >= 0.3 is 0 Å². The zero-order chi connectivity index (χ0) is 16.2. The molecule has 0 radical (unpaired) electrons. The Labute approximate surface area is 148 Å². The van der Waals surface area contributed by atoms with E-state index < -0.39 is 0 Å². The molecular weight excluding hydrogens is 357 g/mol. The van der Waals surface area contributed by atoms with Gasteiger partial charge in [-0.1, -0.05) is 34.8 Å². The van der Waals surface area contributed by atoms with E-state index in [0.717, 1.165) is 30.7 Å². The molecule has 23 heavy (non-hydrogen) atoms. The first-order valence-electron chi connectivity index (χ1n) is 7.07. The zero-order valence-electron chi connectivity index (χ0n) is 12.0. The van der Waals surface area contributed by atoms with Crippen LogP contribution in [-0.2, 0) is 0 Å². The summed E-state index contributed by atoms with van der Waals surface area (Å²) < 4.78 is 0. The summed E-state index contributed by atoms with van der Waals surface area (Å²) in [7, 11) is 0. The summed E-state index contributed by atoms with van der Waals surface area (Å²) in [4.78, 5) is 11.6. The van der Waals surface area contributed by atoms with Crippen molar-refractivity contribution >= 4 is 57.6 Å². The summed E-state index contributed by atoms with van der Waals surface area (Å²) >= 11 is 17.8. The Bertz CT molecular complexity index is 818. The number of fused-ring (bicyclic) bond motifs is 1. The first kappa shape index (κ1) is 16.2. The molecule has 0 aliphatic carbocycles. The third kappa shape index (κ3) is 4.19. The van der Waals surface area contributed by atoms with E-state index in [2.05, 4.69) is 25.6 Å². The van der Waals surface area contributed by atoms with E-state index in [4.69, 9.17) is 34.8 Å². The third-order valence-electron chi connectivity index (χ3n) is 3.20. The van der Waals surface area contributed by atoms with Gasteiger partial charge in [0.25, 0.3) is 0 Å². The minimum atomic E-state index is 0.441. The fraction of sp³-hybridized carbons (Fsp3) is 0.200. The quantitative estimate of drug-likeness (QED) is 0.429. The van der Waals surface area contributed by atoms with Crippen molar-refractivity contribution in [3.8, 4) is 0 Å². The fourth-order valence-corrected chi connectivity index (χ4v) is 2.73. The zero-order valence-corrected chi connectivity index (χ0v) is 14.3. The van der Waals surface area contributed by atoms with Gasteiger partial charge in [-0.05, 0) is 36.8 Å². The second-order valence-electron chi connectivity index (χ2n) is 4.92. The molecule has 2 aromatic heterocycles. The predicted octanol–water partition coefficient (Wildman–Crippen LogP) is 4.83. The Balaban J connectivity index is 1.47. The normalized spacial score (nSPS) is 10.9. The van der Waals surface area contributed by atoms with Gasteiger partial charge in [-0.3, -0.25) is 0 Å². The van der Waals surface area contributed by atoms with Crippen LogP contribution in [0.4, 0.5) is 11.6 Å². The number of rotatable bonds is 6. The van der Waals surface area contributed by atoms with Crippen molar-refractivity contribution in [2.75, 3.05) is 23.7 Å². The van der Waals surface area contributed by atoms with E-state index in [1.54, 1.807) is 18.2 Å². The maximum atomic E-state index is 6.10. The monoisotopic (exact) mass is 369 g/mol. The molecule has 0 aliphatic rings. The second-order valence-corrected chi connectivity index (χ2v) is 6.15. The number of hydrogen-bond acceptors (Lipinski definition) is 4. The van der Waals surface area contributed by atoms with Crippen LogP contribution in [-0.4, -0.2) is 28.0 Å². The van der Waals surface area contributed by atoms with Gasteiger partial charge in [-0.25, -0.2) is 9.97 Å². The van der Waals surface area contributed by atoms with E-state index >= 15 is 0 Å². The Hall–Kier alpha value is -1.69. The number of halogens is 3. The van der Waals surface area contributed by atoms with Crippen LogP contribution >= 0.6 is 34.8 Å². The number of benzene rings is 1. The van der Waals surface area contributed by atoms with Crippen molar-refractivity contribution in [1.29, 1.82) is 0 Å². The van der Waals surface area contributed by atoms with Gasteiger partial charge in [0.2, 0.25) is 5.95 Å². The standard InChI is InChI=1S/C15H14Cl3N5/c16-9-2-3-11(10(17)8-9)19-6-1-7-20-15-21-12-4-5-13(18)22-14(12)23-15/h2-5,8,19H,1,6-7H2,(H2,20,21,22,23). The number of anilines is 2. The van der Waals surface area contributed by atoms with Crippen LogP contribution in [0.3, 0.4) is 0 Å². The Morgan fingerprint density at radius 3 is 2.61 bits per heavy atom. The average Bonchev–Trinajstić information content (AvgIpc) is 2.90. The number of aromatic amines is 1. The predicted molar refractivity (Wildman–Crippen MR) is 97.0 cm³/mol. The number of pyridine rings is 1. The van der Waals surface area contributed by atoms with Crippen LogP contribution < -0.4 is 10.6 Å².